The molecule has 0 unspecified atom stereocenters. The van der Waals surface area contributed by atoms with Gasteiger partial charge in [0.2, 0.25) is 5.91 Å². The largest absolute Gasteiger partial charge is 0.366 e. The summed E-state index contributed by atoms with van der Waals surface area (Å²) < 4.78 is 0. The molecule has 2 N–H and O–H groups in total. The minimum atomic E-state index is -0.547. The molecular formula is C13H11Cl3N2O. The molecule has 3 nitrogen and oxygen atoms in total. The first-order valence-corrected chi connectivity index (χ1v) is 6.13. The summed E-state index contributed by atoms with van der Waals surface area (Å²) in [6.07, 6.45) is 1.68. The molecule has 19 heavy (non-hydrogen) atoms. The van der Waals surface area contributed by atoms with Crippen LogP contribution in [0.15, 0.2) is 36.5 Å². The average Bonchev–Trinajstić information content (AvgIpc) is 2.38. The van der Waals surface area contributed by atoms with Crippen LogP contribution >= 0.6 is 35.6 Å². The summed E-state index contributed by atoms with van der Waals surface area (Å²) in [7, 11) is 0. The first-order chi connectivity index (χ1) is 8.61. The van der Waals surface area contributed by atoms with Gasteiger partial charge in [0.25, 0.3) is 0 Å². The molecular weight excluding hydrogens is 307 g/mol. The number of hydrogen-bond acceptors (Lipinski definition) is 2. The minimum Gasteiger partial charge on any atom is -0.366 e. The van der Waals surface area contributed by atoms with Crippen LogP contribution < -0.4 is 5.73 Å². The van der Waals surface area contributed by atoms with Gasteiger partial charge in [-0.25, -0.2) is 0 Å². The molecule has 2 rings (SSSR count). The highest BCUT2D eigenvalue weighted by atomic mass is 35.5. The quantitative estimate of drug-likeness (QED) is 0.878. The van der Waals surface area contributed by atoms with E-state index in [9.17, 15) is 4.79 Å². The van der Waals surface area contributed by atoms with Gasteiger partial charge in [-0.1, -0.05) is 17.7 Å². The number of carbonyl (C=O) groups excluding carboxylic acids is 1. The van der Waals surface area contributed by atoms with Crippen LogP contribution in [0.25, 0.3) is 11.3 Å². The fourth-order valence-electron chi connectivity index (χ4n) is 1.59. The Kier molecular flexibility index (Phi) is 5.60. The third-order valence-electron chi connectivity index (χ3n) is 2.51. The van der Waals surface area contributed by atoms with E-state index < -0.39 is 5.91 Å². The number of rotatable bonds is 3. The normalized spacial score (nSPS) is 9.79. The molecule has 6 heteroatoms. The summed E-state index contributed by atoms with van der Waals surface area (Å²) in [5.74, 6) is -0.128. The van der Waals surface area contributed by atoms with Crippen LogP contribution in [0.1, 0.15) is 15.9 Å². The Morgan fingerprint density at radius 3 is 2.58 bits per heavy atom. The predicted molar refractivity (Wildman–Crippen MR) is 80.0 cm³/mol. The molecule has 1 aromatic carbocycles. The topological polar surface area (TPSA) is 56.0 Å². The summed E-state index contributed by atoms with van der Waals surface area (Å²) in [5.41, 5.74) is 8.03. The van der Waals surface area contributed by atoms with Gasteiger partial charge in [-0.05, 0) is 29.8 Å². The van der Waals surface area contributed by atoms with Crippen molar-refractivity contribution in [3.8, 4) is 11.3 Å². The van der Waals surface area contributed by atoms with Gasteiger partial charge < -0.3 is 5.73 Å². The molecule has 100 valence electrons. The smallest absolute Gasteiger partial charge is 0.250 e. The molecule has 0 saturated heterocycles. The fraction of sp³-hybridized carbons (Fsp3) is 0.0769. The number of pyridine rings is 1. The third kappa shape index (κ3) is 3.60. The van der Waals surface area contributed by atoms with E-state index >= 15 is 0 Å². The van der Waals surface area contributed by atoms with E-state index in [2.05, 4.69) is 4.98 Å². The first kappa shape index (κ1) is 15.8. The molecule has 0 radical (unpaired) electrons. The maximum absolute atomic E-state index is 11.1. The SMILES string of the molecule is Cl.NC(=O)c1ccc(-c2cc(CCl)ccn2)cc1Cl. The Morgan fingerprint density at radius 1 is 1.26 bits per heavy atom. The van der Waals surface area contributed by atoms with Crippen molar-refractivity contribution in [3.05, 3.63) is 52.7 Å². The summed E-state index contributed by atoms with van der Waals surface area (Å²) in [4.78, 5) is 15.3. The number of benzene rings is 1. The van der Waals surface area contributed by atoms with E-state index in [0.717, 1.165) is 16.8 Å². The second-order valence-electron chi connectivity index (χ2n) is 3.74. The van der Waals surface area contributed by atoms with Crippen molar-refractivity contribution < 1.29 is 4.79 Å². The zero-order valence-electron chi connectivity index (χ0n) is 9.77. The summed E-state index contributed by atoms with van der Waals surface area (Å²) in [5, 5.41) is 0.318. The third-order valence-corrected chi connectivity index (χ3v) is 3.13. The maximum Gasteiger partial charge on any atom is 0.250 e. The molecule has 1 aromatic heterocycles. The molecule has 1 heterocycles. The van der Waals surface area contributed by atoms with Crippen molar-refractivity contribution in [2.45, 2.75) is 5.88 Å². The van der Waals surface area contributed by atoms with Gasteiger partial charge in [-0.15, -0.1) is 24.0 Å². The second kappa shape index (κ2) is 6.75. The highest BCUT2D eigenvalue weighted by Gasteiger charge is 2.08. The molecule has 0 aliphatic carbocycles. The summed E-state index contributed by atoms with van der Waals surface area (Å²) in [6.45, 7) is 0. The lowest BCUT2D eigenvalue weighted by Gasteiger charge is -2.05. The predicted octanol–water partition coefficient (Wildman–Crippen LogP) is 3.66. The lowest BCUT2D eigenvalue weighted by molar-refractivity contribution is 0.100. The summed E-state index contributed by atoms with van der Waals surface area (Å²) >= 11 is 11.8. The Morgan fingerprint density at radius 2 is 2.00 bits per heavy atom. The Bertz CT molecular complexity index is 602. The highest BCUT2D eigenvalue weighted by Crippen LogP contribution is 2.25. The van der Waals surface area contributed by atoms with Gasteiger partial charge in [0.15, 0.2) is 0 Å². The Hall–Kier alpha value is -1.29. The lowest BCUT2D eigenvalue weighted by atomic mass is 10.1. The first-order valence-electron chi connectivity index (χ1n) is 5.22. The zero-order chi connectivity index (χ0) is 13.1. The van der Waals surface area contributed by atoms with Crippen molar-refractivity contribution in [2.75, 3.05) is 0 Å². The highest BCUT2D eigenvalue weighted by molar-refractivity contribution is 6.34. The van der Waals surface area contributed by atoms with E-state index in [-0.39, 0.29) is 12.4 Å². The van der Waals surface area contributed by atoms with Crippen LogP contribution in [0.2, 0.25) is 5.02 Å². The number of hydrogen-bond donors (Lipinski definition) is 1. The van der Waals surface area contributed by atoms with Crippen molar-refractivity contribution in [1.29, 1.82) is 0 Å². The monoisotopic (exact) mass is 316 g/mol. The summed E-state index contributed by atoms with van der Waals surface area (Å²) in [6, 6.07) is 8.74. The molecule has 0 spiro atoms. The number of halogens is 3. The molecule has 2 aromatic rings. The molecule has 0 bridgehead atoms. The molecule has 0 fully saturated rings. The number of aromatic nitrogens is 1. The number of carbonyl (C=O) groups is 1. The van der Waals surface area contributed by atoms with Gasteiger partial charge in [0, 0.05) is 17.6 Å². The van der Waals surface area contributed by atoms with E-state index in [1.807, 2.05) is 12.1 Å². The molecule has 0 saturated carbocycles. The van der Waals surface area contributed by atoms with E-state index in [0.29, 0.717) is 16.5 Å². The van der Waals surface area contributed by atoms with Gasteiger partial charge >= 0.3 is 0 Å². The zero-order valence-corrected chi connectivity index (χ0v) is 12.1. The number of alkyl halides is 1. The van der Waals surface area contributed by atoms with Crippen LogP contribution in [0, 0.1) is 0 Å². The molecule has 0 aliphatic rings. The number of nitrogens with zero attached hydrogens (tertiary/aromatic N) is 1. The van der Waals surface area contributed by atoms with Gasteiger partial charge in [-0.3, -0.25) is 9.78 Å². The second-order valence-corrected chi connectivity index (χ2v) is 4.42. The van der Waals surface area contributed by atoms with E-state index in [1.54, 1.807) is 24.4 Å². The standard InChI is InChI=1S/C13H10Cl2N2O.ClH/c14-7-8-3-4-17-12(5-8)9-1-2-10(13(16)18)11(15)6-9;/h1-6H,7H2,(H2,16,18);1H. The van der Waals surface area contributed by atoms with Crippen LogP contribution in [-0.2, 0) is 5.88 Å². The number of amides is 1. The maximum atomic E-state index is 11.1. The minimum absolute atomic E-state index is 0. The van der Waals surface area contributed by atoms with Crippen molar-refractivity contribution in [2.24, 2.45) is 5.73 Å². The van der Waals surface area contributed by atoms with Crippen LogP contribution in [0.4, 0.5) is 0 Å². The van der Waals surface area contributed by atoms with Crippen LogP contribution in [0.3, 0.4) is 0 Å². The lowest BCUT2D eigenvalue weighted by Crippen LogP contribution is -2.11. The van der Waals surface area contributed by atoms with Crippen molar-refractivity contribution in [3.63, 3.8) is 0 Å². The fourth-order valence-corrected chi connectivity index (χ4v) is 2.03. The van der Waals surface area contributed by atoms with Gasteiger partial charge in [-0.2, -0.15) is 0 Å². The van der Waals surface area contributed by atoms with E-state index in [1.165, 1.54) is 0 Å². The van der Waals surface area contributed by atoms with E-state index in [4.69, 9.17) is 28.9 Å². The van der Waals surface area contributed by atoms with Crippen molar-refractivity contribution >= 4 is 41.5 Å². The van der Waals surface area contributed by atoms with Crippen molar-refractivity contribution in [1.82, 2.24) is 4.98 Å². The average molecular weight is 318 g/mol. The number of nitrogens with two attached hydrogens (primary N) is 1. The van der Waals surface area contributed by atoms with Crippen LogP contribution in [0.5, 0.6) is 0 Å². The van der Waals surface area contributed by atoms with Crippen LogP contribution in [-0.4, -0.2) is 10.9 Å². The Labute approximate surface area is 127 Å². The molecule has 0 aliphatic heterocycles. The molecule has 1 amide bonds. The van der Waals surface area contributed by atoms with Gasteiger partial charge in [0.05, 0.1) is 16.3 Å². The molecule has 0 atom stereocenters. The number of primary amides is 1. The Balaban J connectivity index is 0.00000180. The van der Waals surface area contributed by atoms with Gasteiger partial charge in [0.1, 0.15) is 0 Å².